The molecule has 29 heavy (non-hydrogen) atoms. The summed E-state index contributed by atoms with van der Waals surface area (Å²) in [5.41, 5.74) is 1.98. The SMILES string of the molecule is Cc1onc(-c2cccc(F)c2)c1C(=O)N1CCN(c2ccccc2O)CC1.Cl. The van der Waals surface area contributed by atoms with Crippen LogP contribution in [0.15, 0.2) is 53.1 Å². The molecular formula is C21H21ClFN3O3. The van der Waals surface area contributed by atoms with E-state index < -0.39 is 5.82 Å². The molecule has 0 bridgehead atoms. The van der Waals surface area contributed by atoms with Gasteiger partial charge in [0.25, 0.3) is 5.91 Å². The number of halogens is 2. The van der Waals surface area contributed by atoms with Crippen molar-refractivity contribution in [2.45, 2.75) is 6.92 Å². The number of amides is 1. The fraction of sp³-hybridized carbons (Fsp3) is 0.238. The van der Waals surface area contributed by atoms with Crippen molar-refractivity contribution in [3.63, 3.8) is 0 Å². The fourth-order valence-electron chi connectivity index (χ4n) is 3.50. The van der Waals surface area contributed by atoms with Crippen molar-refractivity contribution in [2.75, 3.05) is 31.1 Å². The molecule has 1 aliphatic rings. The Balaban J connectivity index is 0.00000240. The highest BCUT2D eigenvalue weighted by Gasteiger charge is 2.29. The van der Waals surface area contributed by atoms with E-state index in [9.17, 15) is 14.3 Å². The third kappa shape index (κ3) is 4.05. The van der Waals surface area contributed by atoms with E-state index in [1.807, 2.05) is 17.0 Å². The molecule has 1 saturated heterocycles. The lowest BCUT2D eigenvalue weighted by Gasteiger charge is -2.36. The lowest BCUT2D eigenvalue weighted by Crippen LogP contribution is -2.49. The van der Waals surface area contributed by atoms with Crippen molar-refractivity contribution in [1.82, 2.24) is 10.1 Å². The molecule has 0 aliphatic carbocycles. The number of phenols is 1. The lowest BCUT2D eigenvalue weighted by atomic mass is 10.0. The summed E-state index contributed by atoms with van der Waals surface area (Å²) in [5, 5.41) is 14.0. The third-order valence-corrected chi connectivity index (χ3v) is 4.96. The molecule has 8 heteroatoms. The molecule has 0 radical (unpaired) electrons. The maximum absolute atomic E-state index is 13.6. The largest absolute Gasteiger partial charge is 0.506 e. The van der Waals surface area contributed by atoms with Gasteiger partial charge in [-0.3, -0.25) is 4.79 Å². The van der Waals surface area contributed by atoms with Crippen LogP contribution in [0, 0.1) is 12.7 Å². The number of phenolic OH excluding ortho intramolecular Hbond substituents is 1. The average molecular weight is 418 g/mol. The number of anilines is 1. The summed E-state index contributed by atoms with van der Waals surface area (Å²) in [6, 6.07) is 13.1. The first-order valence-corrected chi connectivity index (χ1v) is 9.09. The highest BCUT2D eigenvalue weighted by atomic mass is 35.5. The van der Waals surface area contributed by atoms with Crippen LogP contribution in [0.5, 0.6) is 5.75 Å². The van der Waals surface area contributed by atoms with E-state index in [2.05, 4.69) is 5.16 Å². The van der Waals surface area contributed by atoms with Gasteiger partial charge in [-0.1, -0.05) is 29.4 Å². The van der Waals surface area contributed by atoms with Gasteiger partial charge in [-0.25, -0.2) is 4.39 Å². The minimum atomic E-state index is -0.396. The molecule has 0 spiro atoms. The Labute approximate surface area is 173 Å². The van der Waals surface area contributed by atoms with Crippen molar-refractivity contribution in [3.8, 4) is 17.0 Å². The zero-order valence-electron chi connectivity index (χ0n) is 15.8. The number of piperazine rings is 1. The van der Waals surface area contributed by atoms with Gasteiger partial charge in [0.15, 0.2) is 0 Å². The maximum atomic E-state index is 13.6. The summed E-state index contributed by atoms with van der Waals surface area (Å²) in [7, 11) is 0. The summed E-state index contributed by atoms with van der Waals surface area (Å²) >= 11 is 0. The molecule has 4 rings (SSSR count). The van der Waals surface area contributed by atoms with Crippen molar-refractivity contribution >= 4 is 24.0 Å². The van der Waals surface area contributed by atoms with Crippen molar-refractivity contribution in [1.29, 1.82) is 0 Å². The monoisotopic (exact) mass is 417 g/mol. The van der Waals surface area contributed by atoms with E-state index in [0.717, 1.165) is 5.69 Å². The number of aryl methyl sites for hydroxylation is 1. The summed E-state index contributed by atoms with van der Waals surface area (Å²) in [6.45, 7) is 3.88. The zero-order chi connectivity index (χ0) is 19.7. The zero-order valence-corrected chi connectivity index (χ0v) is 16.7. The molecule has 6 nitrogen and oxygen atoms in total. The Morgan fingerprint density at radius 2 is 1.83 bits per heavy atom. The molecule has 2 aromatic carbocycles. The van der Waals surface area contributed by atoms with E-state index in [0.29, 0.717) is 48.8 Å². The predicted octanol–water partition coefficient (Wildman–Crippen LogP) is 3.88. The molecule has 0 atom stereocenters. The topological polar surface area (TPSA) is 69.8 Å². The van der Waals surface area contributed by atoms with Crippen LogP contribution in [0.4, 0.5) is 10.1 Å². The minimum Gasteiger partial charge on any atom is -0.506 e. The Hall–Kier alpha value is -3.06. The maximum Gasteiger partial charge on any atom is 0.259 e. The molecule has 0 saturated carbocycles. The Morgan fingerprint density at radius 3 is 2.52 bits per heavy atom. The number of benzene rings is 2. The molecule has 1 N–H and O–H groups in total. The van der Waals surface area contributed by atoms with Gasteiger partial charge in [-0.2, -0.15) is 0 Å². The van der Waals surface area contributed by atoms with E-state index >= 15 is 0 Å². The summed E-state index contributed by atoms with van der Waals surface area (Å²) in [4.78, 5) is 16.9. The second-order valence-electron chi connectivity index (χ2n) is 6.74. The van der Waals surface area contributed by atoms with E-state index in [1.54, 1.807) is 36.1 Å². The molecule has 3 aromatic rings. The second kappa shape index (κ2) is 8.53. The van der Waals surface area contributed by atoms with Crippen molar-refractivity contribution in [2.24, 2.45) is 0 Å². The fourth-order valence-corrected chi connectivity index (χ4v) is 3.50. The van der Waals surface area contributed by atoms with Gasteiger partial charge in [0.1, 0.15) is 28.6 Å². The van der Waals surface area contributed by atoms with Crippen LogP contribution in [-0.2, 0) is 0 Å². The third-order valence-electron chi connectivity index (χ3n) is 4.96. The first kappa shape index (κ1) is 20.7. The highest BCUT2D eigenvalue weighted by Crippen LogP contribution is 2.29. The highest BCUT2D eigenvalue weighted by molar-refractivity contribution is 6.01. The number of aromatic nitrogens is 1. The quantitative estimate of drug-likeness (QED) is 0.700. The van der Waals surface area contributed by atoms with Crippen molar-refractivity contribution in [3.05, 3.63) is 65.7 Å². The van der Waals surface area contributed by atoms with Crippen LogP contribution in [-0.4, -0.2) is 47.2 Å². The number of aromatic hydroxyl groups is 1. The summed E-state index contributed by atoms with van der Waals surface area (Å²) < 4.78 is 18.8. The molecule has 1 aromatic heterocycles. The molecule has 2 heterocycles. The van der Waals surface area contributed by atoms with Crippen LogP contribution >= 0.6 is 12.4 Å². The van der Waals surface area contributed by atoms with Crippen LogP contribution in [0.25, 0.3) is 11.3 Å². The number of rotatable bonds is 3. The molecule has 1 fully saturated rings. The average Bonchev–Trinajstić information content (AvgIpc) is 3.09. The van der Waals surface area contributed by atoms with E-state index in [4.69, 9.17) is 4.52 Å². The first-order chi connectivity index (χ1) is 13.5. The number of hydrogen-bond acceptors (Lipinski definition) is 5. The molecule has 152 valence electrons. The Morgan fingerprint density at radius 1 is 1.10 bits per heavy atom. The van der Waals surface area contributed by atoms with Gasteiger partial charge in [0.05, 0.1) is 5.69 Å². The van der Waals surface area contributed by atoms with Gasteiger partial charge in [-0.15, -0.1) is 12.4 Å². The lowest BCUT2D eigenvalue weighted by molar-refractivity contribution is 0.0745. The number of nitrogens with zero attached hydrogens (tertiary/aromatic N) is 3. The Bertz CT molecular complexity index is 1020. The van der Waals surface area contributed by atoms with E-state index in [1.165, 1.54) is 12.1 Å². The van der Waals surface area contributed by atoms with Gasteiger partial charge >= 0.3 is 0 Å². The smallest absolute Gasteiger partial charge is 0.259 e. The van der Waals surface area contributed by atoms with Crippen LogP contribution in [0.2, 0.25) is 0 Å². The number of carbonyl (C=O) groups excluding carboxylic acids is 1. The van der Waals surface area contributed by atoms with E-state index in [-0.39, 0.29) is 24.1 Å². The normalized spacial score (nSPS) is 13.9. The number of carbonyl (C=O) groups is 1. The second-order valence-corrected chi connectivity index (χ2v) is 6.74. The van der Waals surface area contributed by atoms with Crippen molar-refractivity contribution < 1.29 is 18.8 Å². The standard InChI is InChI=1S/C21H20FN3O3.ClH/c1-14-19(20(23-28-14)15-5-4-6-16(22)13-15)21(27)25-11-9-24(10-12-25)17-7-2-3-8-18(17)26;/h2-8,13,26H,9-12H2,1H3;1H. The van der Waals surface area contributed by atoms with Gasteiger partial charge in [0.2, 0.25) is 0 Å². The van der Waals surface area contributed by atoms with Crippen LogP contribution in [0.3, 0.4) is 0 Å². The number of hydrogen-bond donors (Lipinski definition) is 1. The summed E-state index contributed by atoms with van der Waals surface area (Å²) in [5.74, 6) is 0.0562. The minimum absolute atomic E-state index is 0. The van der Waals surface area contributed by atoms with Crippen LogP contribution in [0.1, 0.15) is 16.1 Å². The molecule has 1 aliphatic heterocycles. The van der Waals surface area contributed by atoms with Crippen LogP contribution < -0.4 is 4.90 Å². The Kier molecular flexibility index (Phi) is 6.08. The summed E-state index contributed by atoms with van der Waals surface area (Å²) in [6.07, 6.45) is 0. The molecule has 1 amide bonds. The molecule has 0 unspecified atom stereocenters. The van der Waals surface area contributed by atoms with Gasteiger partial charge < -0.3 is 19.4 Å². The van der Waals surface area contributed by atoms with Gasteiger partial charge in [-0.05, 0) is 31.2 Å². The number of para-hydroxylation sites is 2. The van der Waals surface area contributed by atoms with Gasteiger partial charge in [0, 0.05) is 31.7 Å². The predicted molar refractivity (Wildman–Crippen MR) is 110 cm³/mol. The first-order valence-electron chi connectivity index (χ1n) is 9.09. The molecular weight excluding hydrogens is 397 g/mol.